The summed E-state index contributed by atoms with van der Waals surface area (Å²) in [4.78, 5) is 0. The summed E-state index contributed by atoms with van der Waals surface area (Å²) in [6.45, 7) is 7.60. The molecule has 1 aromatic rings. The number of ether oxygens (including phenoxy) is 2. The van der Waals surface area contributed by atoms with E-state index in [2.05, 4.69) is 39.0 Å². The van der Waals surface area contributed by atoms with E-state index in [1.165, 1.54) is 5.56 Å². The van der Waals surface area contributed by atoms with Crippen molar-refractivity contribution in [2.24, 2.45) is 23.2 Å². The van der Waals surface area contributed by atoms with Gasteiger partial charge in [0.1, 0.15) is 11.4 Å². The lowest BCUT2D eigenvalue weighted by atomic mass is 9.50. The van der Waals surface area contributed by atoms with Gasteiger partial charge in [0.15, 0.2) is 0 Å². The van der Waals surface area contributed by atoms with Gasteiger partial charge in [-0.1, -0.05) is 32.0 Å². The van der Waals surface area contributed by atoms with Crippen molar-refractivity contribution < 1.29 is 14.6 Å². The molecule has 1 aromatic carbocycles. The summed E-state index contributed by atoms with van der Waals surface area (Å²) < 4.78 is 12.7. The van der Waals surface area contributed by atoms with E-state index < -0.39 is 0 Å². The monoisotopic (exact) mass is 288 g/mol. The molecular weight excluding hydrogens is 264 g/mol. The zero-order chi connectivity index (χ0) is 14.8. The highest BCUT2D eigenvalue weighted by molar-refractivity contribution is 5.40. The Labute approximate surface area is 126 Å². The molecule has 2 aliphatic heterocycles. The number of aliphatic hydroxyl groups excluding tert-OH is 1. The Hall–Kier alpha value is -1.06. The summed E-state index contributed by atoms with van der Waals surface area (Å²) in [5.74, 6) is 2.07. The number of aliphatic hydroxyl groups is 1. The lowest BCUT2D eigenvalue weighted by molar-refractivity contribution is -0.260. The Morgan fingerprint density at radius 3 is 2.81 bits per heavy atom. The van der Waals surface area contributed by atoms with E-state index in [1.54, 1.807) is 0 Å². The fourth-order valence-electron chi connectivity index (χ4n) is 5.29. The van der Waals surface area contributed by atoms with Gasteiger partial charge in [-0.05, 0) is 31.2 Å². The second-order valence-electron chi connectivity index (χ2n) is 7.50. The van der Waals surface area contributed by atoms with E-state index in [1.807, 2.05) is 6.07 Å². The Balaban J connectivity index is 1.87. The standard InChI is InChI=1S/C18H24O3/c1-11-8-17(3)15-12(2)18(11,9-19)10-20-16(15)13-6-4-5-7-14(13)21-17/h4-7,11-12,15-16,19H,8-10H2,1-3H3/t11-,12-,15+,16+,17+,18+/m0/s1. The van der Waals surface area contributed by atoms with Gasteiger partial charge in [0, 0.05) is 16.9 Å². The van der Waals surface area contributed by atoms with Crippen LogP contribution in [-0.4, -0.2) is 23.9 Å². The van der Waals surface area contributed by atoms with Crippen LogP contribution in [0.5, 0.6) is 5.75 Å². The summed E-state index contributed by atoms with van der Waals surface area (Å²) in [5, 5.41) is 10.1. The number of hydrogen-bond donors (Lipinski definition) is 1. The van der Waals surface area contributed by atoms with Crippen molar-refractivity contribution in [2.45, 2.75) is 38.9 Å². The summed E-state index contributed by atoms with van der Waals surface area (Å²) in [6, 6.07) is 8.26. The normalized spacial score (nSPS) is 47.4. The van der Waals surface area contributed by atoms with Crippen LogP contribution in [0.15, 0.2) is 24.3 Å². The third-order valence-electron chi connectivity index (χ3n) is 6.56. The highest BCUT2D eigenvalue weighted by atomic mass is 16.5. The third kappa shape index (κ3) is 1.56. The fourth-order valence-corrected chi connectivity index (χ4v) is 5.29. The molecule has 3 aliphatic rings. The first-order valence-electron chi connectivity index (χ1n) is 8.02. The highest BCUT2D eigenvalue weighted by Crippen LogP contribution is 2.63. The Morgan fingerprint density at radius 1 is 1.29 bits per heavy atom. The maximum absolute atomic E-state index is 10.1. The Bertz CT molecular complexity index is 571. The van der Waals surface area contributed by atoms with Crippen molar-refractivity contribution in [3.8, 4) is 5.75 Å². The lowest BCUT2D eigenvalue weighted by Gasteiger charge is -2.63. The topological polar surface area (TPSA) is 38.7 Å². The molecule has 0 radical (unpaired) electrons. The average Bonchev–Trinajstić information content (AvgIpc) is 2.46. The van der Waals surface area contributed by atoms with E-state index in [0.29, 0.717) is 24.4 Å². The molecule has 4 rings (SSSR count). The van der Waals surface area contributed by atoms with E-state index in [4.69, 9.17) is 9.47 Å². The van der Waals surface area contributed by atoms with Crippen LogP contribution in [0.25, 0.3) is 0 Å². The van der Waals surface area contributed by atoms with Crippen LogP contribution < -0.4 is 4.74 Å². The molecule has 0 aromatic heterocycles. The van der Waals surface area contributed by atoms with Gasteiger partial charge in [-0.25, -0.2) is 0 Å². The maximum atomic E-state index is 10.1. The summed E-state index contributed by atoms with van der Waals surface area (Å²) >= 11 is 0. The fraction of sp³-hybridized carbons (Fsp3) is 0.667. The first-order chi connectivity index (χ1) is 10.0. The van der Waals surface area contributed by atoms with Crippen LogP contribution in [0.3, 0.4) is 0 Å². The molecule has 0 spiro atoms. The third-order valence-corrected chi connectivity index (χ3v) is 6.56. The van der Waals surface area contributed by atoms with Gasteiger partial charge in [-0.15, -0.1) is 0 Å². The zero-order valence-corrected chi connectivity index (χ0v) is 13.0. The van der Waals surface area contributed by atoms with Gasteiger partial charge in [0.05, 0.1) is 19.3 Å². The van der Waals surface area contributed by atoms with Crippen molar-refractivity contribution in [3.63, 3.8) is 0 Å². The first kappa shape index (κ1) is 13.6. The number of fused-ring (bicyclic) bond motifs is 3. The predicted octanol–water partition coefficient (Wildman–Crippen LogP) is 3.18. The largest absolute Gasteiger partial charge is 0.487 e. The molecule has 1 aliphatic carbocycles. The minimum Gasteiger partial charge on any atom is -0.487 e. The van der Waals surface area contributed by atoms with E-state index in [9.17, 15) is 5.11 Å². The molecule has 3 nitrogen and oxygen atoms in total. The lowest BCUT2D eigenvalue weighted by Crippen LogP contribution is -2.65. The van der Waals surface area contributed by atoms with Crippen molar-refractivity contribution in [2.75, 3.05) is 13.2 Å². The molecule has 1 saturated carbocycles. The van der Waals surface area contributed by atoms with E-state index in [-0.39, 0.29) is 23.7 Å². The zero-order valence-electron chi connectivity index (χ0n) is 13.0. The number of benzene rings is 1. The molecule has 114 valence electrons. The molecule has 21 heavy (non-hydrogen) atoms. The number of hydrogen-bond acceptors (Lipinski definition) is 3. The average molecular weight is 288 g/mol. The van der Waals surface area contributed by atoms with Crippen LogP contribution in [0, 0.1) is 23.2 Å². The second kappa shape index (κ2) is 4.23. The molecular formula is C18H24O3. The Kier molecular flexibility index (Phi) is 2.74. The number of para-hydroxylation sites is 1. The molecule has 1 saturated heterocycles. The van der Waals surface area contributed by atoms with Gasteiger partial charge in [-0.2, -0.15) is 0 Å². The minimum absolute atomic E-state index is 0.0992. The molecule has 1 N–H and O–H groups in total. The maximum Gasteiger partial charge on any atom is 0.125 e. The molecule has 2 bridgehead atoms. The van der Waals surface area contributed by atoms with Crippen LogP contribution in [-0.2, 0) is 4.74 Å². The SMILES string of the molecule is C[C@H]1C[C@@]2(C)Oc3ccccc3[C@H]3OC[C@@]1(CO)[C@@H](C)[C@H]32. The summed E-state index contributed by atoms with van der Waals surface area (Å²) in [6.07, 6.45) is 1.08. The van der Waals surface area contributed by atoms with Gasteiger partial charge in [0.25, 0.3) is 0 Å². The van der Waals surface area contributed by atoms with E-state index >= 15 is 0 Å². The van der Waals surface area contributed by atoms with Gasteiger partial charge < -0.3 is 14.6 Å². The van der Waals surface area contributed by atoms with Crippen molar-refractivity contribution in [3.05, 3.63) is 29.8 Å². The molecule has 3 heteroatoms. The quantitative estimate of drug-likeness (QED) is 0.862. The van der Waals surface area contributed by atoms with Crippen LogP contribution >= 0.6 is 0 Å². The smallest absolute Gasteiger partial charge is 0.125 e. The molecule has 2 fully saturated rings. The molecule has 0 amide bonds. The Morgan fingerprint density at radius 2 is 2.05 bits per heavy atom. The van der Waals surface area contributed by atoms with Gasteiger partial charge in [0.2, 0.25) is 0 Å². The summed E-state index contributed by atoms with van der Waals surface area (Å²) in [7, 11) is 0. The molecule has 0 unspecified atom stereocenters. The minimum atomic E-state index is -0.197. The van der Waals surface area contributed by atoms with Crippen LogP contribution in [0.1, 0.15) is 38.9 Å². The van der Waals surface area contributed by atoms with Gasteiger partial charge >= 0.3 is 0 Å². The predicted molar refractivity (Wildman–Crippen MR) is 80.1 cm³/mol. The molecule has 2 heterocycles. The van der Waals surface area contributed by atoms with Crippen molar-refractivity contribution >= 4 is 0 Å². The highest BCUT2D eigenvalue weighted by Gasteiger charge is 2.64. The first-order valence-corrected chi connectivity index (χ1v) is 8.02. The van der Waals surface area contributed by atoms with Crippen LogP contribution in [0.2, 0.25) is 0 Å². The van der Waals surface area contributed by atoms with E-state index in [0.717, 1.165) is 12.2 Å². The second-order valence-corrected chi connectivity index (χ2v) is 7.50. The van der Waals surface area contributed by atoms with Crippen molar-refractivity contribution in [1.29, 1.82) is 0 Å². The van der Waals surface area contributed by atoms with Crippen molar-refractivity contribution in [1.82, 2.24) is 0 Å². The van der Waals surface area contributed by atoms with Gasteiger partial charge in [-0.3, -0.25) is 0 Å². The summed E-state index contributed by atoms with van der Waals surface area (Å²) in [5.41, 5.74) is 0.862. The van der Waals surface area contributed by atoms with Crippen LogP contribution in [0.4, 0.5) is 0 Å². The molecule has 6 atom stereocenters. The number of rotatable bonds is 1.